The van der Waals surface area contributed by atoms with Gasteiger partial charge in [0.25, 0.3) is 0 Å². The average molecular weight is 271 g/mol. The topological polar surface area (TPSA) is 96.8 Å². The van der Waals surface area contributed by atoms with Crippen molar-refractivity contribution in [3.05, 3.63) is 45.8 Å². The van der Waals surface area contributed by atoms with Crippen molar-refractivity contribution < 1.29 is 4.92 Å². The van der Waals surface area contributed by atoms with Crippen molar-refractivity contribution in [2.45, 2.75) is 13.3 Å². The van der Waals surface area contributed by atoms with Crippen LogP contribution >= 0.6 is 0 Å². The maximum Gasteiger partial charge on any atom is 0.310 e. The van der Waals surface area contributed by atoms with E-state index in [1.807, 2.05) is 13.0 Å². The molecule has 20 heavy (non-hydrogen) atoms. The first-order chi connectivity index (χ1) is 9.56. The number of aryl methyl sites for hydroxylation is 2. The molecule has 0 saturated heterocycles. The highest BCUT2D eigenvalue weighted by Gasteiger charge is 2.20. The minimum atomic E-state index is -0.553. The Morgan fingerprint density at radius 2 is 2.25 bits per heavy atom. The van der Waals surface area contributed by atoms with Crippen molar-refractivity contribution in [3.63, 3.8) is 0 Å². The number of anilines is 2. The highest BCUT2D eigenvalue weighted by Crippen LogP contribution is 2.31. The van der Waals surface area contributed by atoms with Gasteiger partial charge in [0.1, 0.15) is 17.3 Å². The van der Waals surface area contributed by atoms with Crippen LogP contribution < -0.4 is 5.32 Å². The molecule has 7 nitrogen and oxygen atoms in total. The van der Waals surface area contributed by atoms with E-state index >= 15 is 0 Å². The molecule has 0 radical (unpaired) electrons. The van der Waals surface area contributed by atoms with Crippen LogP contribution in [0.3, 0.4) is 0 Å². The van der Waals surface area contributed by atoms with Gasteiger partial charge in [0.2, 0.25) is 0 Å². The first-order valence-corrected chi connectivity index (χ1v) is 6.03. The largest absolute Gasteiger partial charge is 0.347 e. The predicted octanol–water partition coefficient (Wildman–Crippen LogP) is 2.51. The number of rotatable bonds is 4. The van der Waals surface area contributed by atoms with E-state index in [1.165, 1.54) is 6.07 Å². The Morgan fingerprint density at radius 3 is 2.85 bits per heavy atom. The Morgan fingerprint density at radius 1 is 1.50 bits per heavy atom. The molecule has 7 heteroatoms. The van der Waals surface area contributed by atoms with Gasteiger partial charge in [-0.25, -0.2) is 0 Å². The van der Waals surface area contributed by atoms with Crippen molar-refractivity contribution in [2.24, 2.45) is 7.05 Å². The van der Waals surface area contributed by atoms with Crippen LogP contribution in [-0.2, 0) is 13.5 Å². The molecule has 1 aromatic carbocycles. The molecule has 102 valence electrons. The molecule has 0 unspecified atom stereocenters. The van der Waals surface area contributed by atoms with E-state index in [0.717, 1.165) is 5.69 Å². The smallest absolute Gasteiger partial charge is 0.310 e. The molecule has 1 aromatic heterocycles. The lowest BCUT2D eigenvalue weighted by molar-refractivity contribution is -0.384. The Balaban J connectivity index is 2.49. The summed E-state index contributed by atoms with van der Waals surface area (Å²) >= 11 is 0. The maximum absolute atomic E-state index is 11.1. The third kappa shape index (κ3) is 2.44. The molecule has 0 bridgehead atoms. The molecule has 0 amide bonds. The zero-order chi connectivity index (χ0) is 14.7. The van der Waals surface area contributed by atoms with Gasteiger partial charge in [-0.2, -0.15) is 10.4 Å². The first kappa shape index (κ1) is 13.5. The zero-order valence-electron chi connectivity index (χ0n) is 11.1. The predicted molar refractivity (Wildman–Crippen MR) is 73.7 cm³/mol. The fraction of sp³-hybridized carbons (Fsp3) is 0.231. The minimum absolute atomic E-state index is 0.0296. The molecule has 0 spiro atoms. The lowest BCUT2D eigenvalue weighted by Crippen LogP contribution is -2.00. The summed E-state index contributed by atoms with van der Waals surface area (Å²) in [6.07, 6.45) is 2.45. The fourth-order valence-electron chi connectivity index (χ4n) is 1.98. The number of benzene rings is 1. The Hall–Kier alpha value is -2.88. The highest BCUT2D eigenvalue weighted by atomic mass is 16.6. The summed E-state index contributed by atoms with van der Waals surface area (Å²) in [6.45, 7) is 1.95. The molecule has 2 rings (SSSR count). The number of para-hydroxylation sites is 1. The van der Waals surface area contributed by atoms with Gasteiger partial charge in [0, 0.05) is 13.2 Å². The van der Waals surface area contributed by atoms with Crippen molar-refractivity contribution >= 4 is 17.1 Å². The van der Waals surface area contributed by atoms with E-state index in [-0.39, 0.29) is 16.9 Å². The van der Waals surface area contributed by atoms with E-state index in [0.29, 0.717) is 12.1 Å². The standard InChI is InChI=1S/C13H13N5O2/c1-3-10-12(8-17(2)16-10)15-11-6-4-5-9(7-14)13(11)18(19)20/h4-6,8,15H,3H2,1-2H3. The van der Waals surface area contributed by atoms with Gasteiger partial charge in [-0.1, -0.05) is 13.0 Å². The van der Waals surface area contributed by atoms with Crippen LogP contribution in [0.2, 0.25) is 0 Å². The van der Waals surface area contributed by atoms with Crippen molar-refractivity contribution in [3.8, 4) is 6.07 Å². The van der Waals surface area contributed by atoms with E-state index in [2.05, 4.69) is 10.4 Å². The second-order valence-corrected chi connectivity index (χ2v) is 4.21. The number of nitro groups is 1. The van der Waals surface area contributed by atoms with Gasteiger partial charge in [-0.05, 0) is 18.6 Å². The third-order valence-corrected chi connectivity index (χ3v) is 2.85. The zero-order valence-corrected chi connectivity index (χ0v) is 11.1. The summed E-state index contributed by atoms with van der Waals surface area (Å²) in [4.78, 5) is 10.6. The van der Waals surface area contributed by atoms with E-state index < -0.39 is 4.92 Å². The number of nitriles is 1. The molecule has 0 fully saturated rings. The van der Waals surface area contributed by atoms with Crippen molar-refractivity contribution in [1.82, 2.24) is 9.78 Å². The lowest BCUT2D eigenvalue weighted by Gasteiger charge is -2.07. The van der Waals surface area contributed by atoms with Crippen LogP contribution in [0.25, 0.3) is 0 Å². The second-order valence-electron chi connectivity index (χ2n) is 4.21. The molecule has 0 aliphatic heterocycles. The van der Waals surface area contributed by atoms with Crippen LogP contribution in [0.15, 0.2) is 24.4 Å². The van der Waals surface area contributed by atoms with Gasteiger partial charge in [0.15, 0.2) is 0 Å². The Kier molecular flexibility index (Phi) is 3.66. The average Bonchev–Trinajstić information content (AvgIpc) is 2.78. The monoisotopic (exact) mass is 271 g/mol. The fourth-order valence-corrected chi connectivity index (χ4v) is 1.98. The van der Waals surface area contributed by atoms with Gasteiger partial charge in [0.05, 0.1) is 16.3 Å². The van der Waals surface area contributed by atoms with Crippen LogP contribution in [0.4, 0.5) is 17.1 Å². The van der Waals surface area contributed by atoms with Gasteiger partial charge in [-0.15, -0.1) is 0 Å². The molecule has 1 N–H and O–H groups in total. The second kappa shape index (κ2) is 5.40. The molecule has 0 atom stereocenters. The first-order valence-electron chi connectivity index (χ1n) is 6.03. The van der Waals surface area contributed by atoms with Crippen LogP contribution in [0.5, 0.6) is 0 Å². The summed E-state index contributed by atoms with van der Waals surface area (Å²) < 4.78 is 1.64. The molecular weight excluding hydrogens is 258 g/mol. The van der Waals surface area contributed by atoms with Crippen LogP contribution in [-0.4, -0.2) is 14.7 Å². The normalized spacial score (nSPS) is 10.1. The Bertz CT molecular complexity index is 699. The quantitative estimate of drug-likeness (QED) is 0.680. The summed E-state index contributed by atoms with van der Waals surface area (Å²) in [6, 6.07) is 6.44. The van der Waals surface area contributed by atoms with E-state index in [9.17, 15) is 10.1 Å². The number of aromatic nitrogens is 2. The molecule has 0 aliphatic rings. The summed E-state index contributed by atoms with van der Waals surface area (Å²) in [7, 11) is 1.78. The van der Waals surface area contributed by atoms with Crippen molar-refractivity contribution in [2.75, 3.05) is 5.32 Å². The van der Waals surface area contributed by atoms with Crippen LogP contribution in [0, 0.1) is 21.4 Å². The minimum Gasteiger partial charge on any atom is -0.347 e. The number of nitro benzene ring substituents is 1. The van der Waals surface area contributed by atoms with Gasteiger partial charge in [-0.3, -0.25) is 14.8 Å². The van der Waals surface area contributed by atoms with Crippen molar-refractivity contribution in [1.29, 1.82) is 5.26 Å². The third-order valence-electron chi connectivity index (χ3n) is 2.85. The highest BCUT2D eigenvalue weighted by molar-refractivity contribution is 5.74. The summed E-state index contributed by atoms with van der Waals surface area (Å²) in [5.74, 6) is 0. The number of nitrogens with zero attached hydrogens (tertiary/aromatic N) is 4. The maximum atomic E-state index is 11.1. The number of hydrogen-bond donors (Lipinski definition) is 1. The summed E-state index contributed by atoms with van der Waals surface area (Å²) in [5.41, 5.74) is 1.61. The number of nitrogens with one attached hydrogen (secondary N) is 1. The van der Waals surface area contributed by atoms with E-state index in [1.54, 1.807) is 30.1 Å². The Labute approximate surface area is 115 Å². The molecule has 1 heterocycles. The SMILES string of the molecule is CCc1nn(C)cc1Nc1cccc(C#N)c1[N+](=O)[O-]. The molecule has 0 aliphatic carbocycles. The molecule has 2 aromatic rings. The van der Waals surface area contributed by atoms with Gasteiger partial charge >= 0.3 is 5.69 Å². The van der Waals surface area contributed by atoms with Crippen LogP contribution in [0.1, 0.15) is 18.2 Å². The lowest BCUT2D eigenvalue weighted by atomic mass is 10.1. The number of hydrogen-bond acceptors (Lipinski definition) is 5. The van der Waals surface area contributed by atoms with E-state index in [4.69, 9.17) is 5.26 Å². The van der Waals surface area contributed by atoms with Gasteiger partial charge < -0.3 is 5.32 Å². The summed E-state index contributed by atoms with van der Waals surface area (Å²) in [5, 5.41) is 27.4. The molecule has 0 saturated carbocycles. The molecular formula is C13H13N5O2.